The maximum atomic E-state index is 13.1. The lowest BCUT2D eigenvalue weighted by Crippen LogP contribution is -2.52. The standard InChI is InChI=1S/C16H18N6O.ClH/c23-15(20-13-4-1-3-12-11-18-21-14(12)13)16(5-8-17-9-6-16)22-10-2-7-19-22;/h1-4,7,10-11,17H,5-6,8-9H2,(H,18,21)(H,20,23);1H. The first-order chi connectivity index (χ1) is 11.3. The molecule has 1 aliphatic heterocycles. The van der Waals surface area contributed by atoms with Crippen molar-refractivity contribution < 1.29 is 4.79 Å². The number of aromatic nitrogens is 4. The maximum absolute atomic E-state index is 13.1. The summed E-state index contributed by atoms with van der Waals surface area (Å²) >= 11 is 0. The van der Waals surface area contributed by atoms with Crippen molar-refractivity contribution >= 4 is 34.9 Å². The van der Waals surface area contributed by atoms with Crippen molar-refractivity contribution in [2.75, 3.05) is 18.4 Å². The SMILES string of the molecule is Cl.O=C(Nc1cccc2cn[nH]c12)C1(n2cccn2)CCNCC1. The molecule has 0 bridgehead atoms. The summed E-state index contributed by atoms with van der Waals surface area (Å²) in [6, 6.07) is 7.61. The number of halogens is 1. The van der Waals surface area contributed by atoms with E-state index in [1.807, 2.05) is 30.5 Å². The highest BCUT2D eigenvalue weighted by atomic mass is 35.5. The van der Waals surface area contributed by atoms with Crippen LogP contribution in [-0.4, -0.2) is 39.0 Å². The number of nitrogens with zero attached hydrogens (tertiary/aromatic N) is 3. The Balaban J connectivity index is 0.00000169. The van der Waals surface area contributed by atoms with Gasteiger partial charge in [0.25, 0.3) is 5.91 Å². The van der Waals surface area contributed by atoms with Crippen LogP contribution in [0.15, 0.2) is 42.9 Å². The summed E-state index contributed by atoms with van der Waals surface area (Å²) in [5.41, 5.74) is 0.928. The van der Waals surface area contributed by atoms with Crippen LogP contribution in [0.25, 0.3) is 10.9 Å². The zero-order chi connectivity index (χ0) is 15.7. The fourth-order valence-corrected chi connectivity index (χ4v) is 3.23. The van der Waals surface area contributed by atoms with Crippen LogP contribution in [-0.2, 0) is 10.3 Å². The molecule has 0 saturated carbocycles. The Bertz CT molecular complexity index is 822. The lowest BCUT2D eigenvalue weighted by atomic mass is 9.87. The van der Waals surface area contributed by atoms with Gasteiger partial charge in [-0.05, 0) is 38.1 Å². The molecule has 8 heteroatoms. The third kappa shape index (κ3) is 2.65. The molecule has 3 N–H and O–H groups in total. The Kier molecular flexibility index (Phi) is 4.55. The van der Waals surface area contributed by atoms with Crippen molar-refractivity contribution in [3.8, 4) is 0 Å². The molecule has 3 heterocycles. The lowest BCUT2D eigenvalue weighted by molar-refractivity contribution is -0.126. The minimum atomic E-state index is -0.656. The van der Waals surface area contributed by atoms with Crippen LogP contribution in [0.1, 0.15) is 12.8 Å². The molecule has 0 unspecified atom stereocenters. The summed E-state index contributed by atoms with van der Waals surface area (Å²) in [7, 11) is 0. The van der Waals surface area contributed by atoms with Gasteiger partial charge in [-0.1, -0.05) is 12.1 Å². The Morgan fingerprint density at radius 2 is 2.08 bits per heavy atom. The molecule has 24 heavy (non-hydrogen) atoms. The number of nitrogens with one attached hydrogen (secondary N) is 3. The number of carbonyl (C=O) groups is 1. The van der Waals surface area contributed by atoms with Crippen molar-refractivity contribution in [1.29, 1.82) is 0 Å². The molecule has 1 saturated heterocycles. The molecule has 7 nitrogen and oxygen atoms in total. The van der Waals surface area contributed by atoms with Gasteiger partial charge in [0.15, 0.2) is 0 Å². The number of fused-ring (bicyclic) bond motifs is 1. The first kappa shape index (κ1) is 16.5. The largest absolute Gasteiger partial charge is 0.322 e. The van der Waals surface area contributed by atoms with E-state index < -0.39 is 5.54 Å². The number of hydrogen-bond donors (Lipinski definition) is 3. The van der Waals surface area contributed by atoms with Crippen molar-refractivity contribution in [2.45, 2.75) is 18.4 Å². The second-order valence-electron chi connectivity index (χ2n) is 5.83. The molecule has 1 fully saturated rings. The number of rotatable bonds is 3. The van der Waals surface area contributed by atoms with E-state index in [9.17, 15) is 4.79 Å². The van der Waals surface area contributed by atoms with Gasteiger partial charge in [0.05, 0.1) is 17.4 Å². The van der Waals surface area contributed by atoms with Gasteiger partial charge in [-0.2, -0.15) is 10.2 Å². The van der Waals surface area contributed by atoms with Gasteiger partial charge in [0.1, 0.15) is 5.54 Å². The Morgan fingerprint density at radius 3 is 2.83 bits per heavy atom. The van der Waals surface area contributed by atoms with E-state index in [1.54, 1.807) is 17.1 Å². The fraction of sp³-hybridized carbons (Fsp3) is 0.312. The van der Waals surface area contributed by atoms with Gasteiger partial charge < -0.3 is 10.6 Å². The summed E-state index contributed by atoms with van der Waals surface area (Å²) in [4.78, 5) is 13.1. The zero-order valence-corrected chi connectivity index (χ0v) is 13.8. The molecule has 0 aliphatic carbocycles. The number of hydrogen-bond acceptors (Lipinski definition) is 4. The lowest BCUT2D eigenvalue weighted by Gasteiger charge is -2.36. The molecule has 1 amide bonds. The first-order valence-electron chi connectivity index (χ1n) is 7.74. The van der Waals surface area contributed by atoms with E-state index in [2.05, 4.69) is 25.9 Å². The van der Waals surface area contributed by atoms with Gasteiger partial charge in [-0.15, -0.1) is 12.4 Å². The van der Waals surface area contributed by atoms with Gasteiger partial charge in [0.2, 0.25) is 0 Å². The molecule has 1 aliphatic rings. The Labute approximate surface area is 145 Å². The first-order valence-corrected chi connectivity index (χ1v) is 7.74. The molecule has 0 atom stereocenters. The van der Waals surface area contributed by atoms with Crippen LogP contribution >= 0.6 is 12.4 Å². The predicted molar refractivity (Wildman–Crippen MR) is 94.3 cm³/mol. The average Bonchev–Trinajstić information content (AvgIpc) is 3.27. The summed E-state index contributed by atoms with van der Waals surface area (Å²) in [6.45, 7) is 1.59. The van der Waals surface area contributed by atoms with Crippen LogP contribution < -0.4 is 10.6 Å². The van der Waals surface area contributed by atoms with E-state index in [4.69, 9.17) is 0 Å². The number of carbonyl (C=O) groups excluding carboxylic acids is 1. The van der Waals surface area contributed by atoms with Crippen molar-refractivity contribution in [3.63, 3.8) is 0 Å². The van der Waals surface area contributed by atoms with Crippen LogP contribution in [0, 0.1) is 0 Å². The second-order valence-corrected chi connectivity index (χ2v) is 5.83. The minimum absolute atomic E-state index is 0. The normalized spacial score (nSPS) is 16.5. The Hall–Kier alpha value is -2.38. The van der Waals surface area contributed by atoms with Gasteiger partial charge in [-0.3, -0.25) is 14.6 Å². The smallest absolute Gasteiger partial charge is 0.252 e. The molecular formula is C16H19ClN6O. The van der Waals surface area contributed by atoms with Gasteiger partial charge in [0, 0.05) is 17.8 Å². The highest BCUT2D eigenvalue weighted by Gasteiger charge is 2.42. The van der Waals surface area contributed by atoms with Crippen LogP contribution in [0.3, 0.4) is 0 Å². The van der Waals surface area contributed by atoms with E-state index in [0.717, 1.165) is 29.7 Å². The number of amides is 1. The molecule has 1 aromatic carbocycles. The molecule has 0 spiro atoms. The summed E-state index contributed by atoms with van der Waals surface area (Å²) in [5.74, 6) is -0.0372. The maximum Gasteiger partial charge on any atom is 0.252 e. The van der Waals surface area contributed by atoms with Crippen molar-refractivity contribution in [3.05, 3.63) is 42.9 Å². The number of H-pyrrole nitrogens is 1. The molecular weight excluding hydrogens is 328 g/mol. The number of aromatic amines is 1. The molecule has 3 aromatic rings. The van der Waals surface area contributed by atoms with Crippen molar-refractivity contribution in [1.82, 2.24) is 25.3 Å². The van der Waals surface area contributed by atoms with Gasteiger partial charge >= 0.3 is 0 Å². The molecule has 126 valence electrons. The summed E-state index contributed by atoms with van der Waals surface area (Å²) in [6.07, 6.45) is 6.74. The van der Waals surface area contributed by atoms with Crippen LogP contribution in [0.5, 0.6) is 0 Å². The number of anilines is 1. The third-order valence-corrected chi connectivity index (χ3v) is 4.52. The number of para-hydroxylation sites is 1. The highest BCUT2D eigenvalue weighted by molar-refractivity contribution is 6.03. The topological polar surface area (TPSA) is 87.6 Å². The number of piperidine rings is 1. The molecule has 0 radical (unpaired) electrons. The van der Waals surface area contributed by atoms with E-state index >= 15 is 0 Å². The van der Waals surface area contributed by atoms with Crippen LogP contribution in [0.4, 0.5) is 5.69 Å². The quantitative estimate of drug-likeness (QED) is 0.676. The number of benzene rings is 1. The zero-order valence-electron chi connectivity index (χ0n) is 13.0. The minimum Gasteiger partial charge on any atom is -0.322 e. The average molecular weight is 347 g/mol. The fourth-order valence-electron chi connectivity index (χ4n) is 3.23. The molecule has 2 aromatic heterocycles. The third-order valence-electron chi connectivity index (χ3n) is 4.52. The summed E-state index contributed by atoms with van der Waals surface area (Å²) in [5, 5.41) is 18.7. The van der Waals surface area contributed by atoms with Crippen LogP contribution in [0.2, 0.25) is 0 Å². The summed E-state index contributed by atoms with van der Waals surface area (Å²) < 4.78 is 1.79. The van der Waals surface area contributed by atoms with E-state index in [-0.39, 0.29) is 18.3 Å². The van der Waals surface area contributed by atoms with E-state index in [0.29, 0.717) is 12.8 Å². The monoisotopic (exact) mass is 346 g/mol. The van der Waals surface area contributed by atoms with Gasteiger partial charge in [-0.25, -0.2) is 0 Å². The van der Waals surface area contributed by atoms with E-state index in [1.165, 1.54) is 0 Å². The second kappa shape index (κ2) is 6.62. The van der Waals surface area contributed by atoms with Crippen molar-refractivity contribution in [2.24, 2.45) is 0 Å². The predicted octanol–water partition coefficient (Wildman–Crippen LogP) is 1.90. The molecule has 4 rings (SSSR count). The Morgan fingerprint density at radius 1 is 1.25 bits per heavy atom. The highest BCUT2D eigenvalue weighted by Crippen LogP contribution is 2.30.